The Bertz CT molecular complexity index is 831. The van der Waals surface area contributed by atoms with Crippen molar-refractivity contribution >= 4 is 11.6 Å². The molecule has 3 rings (SSSR count). The van der Waals surface area contributed by atoms with Crippen LogP contribution in [-0.2, 0) is 0 Å². The van der Waals surface area contributed by atoms with E-state index in [0.717, 1.165) is 5.56 Å². The first-order valence-electron chi connectivity index (χ1n) is 7.08. The number of methoxy groups -OCH3 is 2. The first-order valence-corrected chi connectivity index (χ1v) is 7.08. The number of nitrogens with zero attached hydrogens (tertiary/aromatic N) is 3. The Kier molecular flexibility index (Phi) is 4.37. The van der Waals surface area contributed by atoms with Gasteiger partial charge in [0, 0.05) is 17.2 Å². The first-order chi connectivity index (χ1) is 11.7. The summed E-state index contributed by atoms with van der Waals surface area (Å²) in [5.74, 6) is 1.38. The molecule has 0 bridgehead atoms. The van der Waals surface area contributed by atoms with E-state index in [0.29, 0.717) is 28.6 Å². The minimum atomic E-state index is -0.263. The number of carbonyl (C=O) groups is 1. The third-order valence-corrected chi connectivity index (χ3v) is 3.41. The van der Waals surface area contributed by atoms with Crippen molar-refractivity contribution in [2.45, 2.75) is 0 Å². The molecule has 0 atom stereocenters. The zero-order chi connectivity index (χ0) is 16.9. The molecular formula is C16H15N5O3. The van der Waals surface area contributed by atoms with E-state index in [-0.39, 0.29) is 5.91 Å². The summed E-state index contributed by atoms with van der Waals surface area (Å²) in [7, 11) is 3.10. The molecule has 3 aromatic rings. The van der Waals surface area contributed by atoms with Gasteiger partial charge in [-0.1, -0.05) is 12.1 Å². The average molecular weight is 325 g/mol. The Morgan fingerprint density at radius 1 is 1.08 bits per heavy atom. The van der Waals surface area contributed by atoms with Gasteiger partial charge in [0.15, 0.2) is 0 Å². The summed E-state index contributed by atoms with van der Waals surface area (Å²) in [6, 6.07) is 12.1. The van der Waals surface area contributed by atoms with Crippen molar-refractivity contribution in [2.24, 2.45) is 0 Å². The largest absolute Gasteiger partial charge is 0.497 e. The predicted molar refractivity (Wildman–Crippen MR) is 87.1 cm³/mol. The zero-order valence-electron chi connectivity index (χ0n) is 13.1. The van der Waals surface area contributed by atoms with Crippen LogP contribution in [0.15, 0.2) is 42.5 Å². The summed E-state index contributed by atoms with van der Waals surface area (Å²) in [6.07, 6.45) is 0. The van der Waals surface area contributed by atoms with Crippen molar-refractivity contribution < 1.29 is 14.3 Å². The summed E-state index contributed by atoms with van der Waals surface area (Å²) in [5, 5.41) is 16.5. The number of aromatic amines is 1. The van der Waals surface area contributed by atoms with Crippen LogP contribution < -0.4 is 14.8 Å². The second-order valence-corrected chi connectivity index (χ2v) is 4.83. The Morgan fingerprint density at radius 2 is 1.88 bits per heavy atom. The number of H-pyrrole nitrogens is 1. The molecule has 0 saturated heterocycles. The molecule has 24 heavy (non-hydrogen) atoms. The zero-order valence-corrected chi connectivity index (χ0v) is 13.1. The van der Waals surface area contributed by atoms with E-state index in [9.17, 15) is 4.79 Å². The molecular weight excluding hydrogens is 310 g/mol. The molecule has 2 aromatic carbocycles. The van der Waals surface area contributed by atoms with Crippen LogP contribution in [0.4, 0.5) is 5.69 Å². The number of amides is 1. The molecule has 1 amide bonds. The van der Waals surface area contributed by atoms with Crippen LogP contribution in [0.25, 0.3) is 11.4 Å². The molecule has 0 saturated carbocycles. The van der Waals surface area contributed by atoms with E-state index in [2.05, 4.69) is 25.9 Å². The van der Waals surface area contributed by atoms with Gasteiger partial charge in [0.25, 0.3) is 5.91 Å². The number of rotatable bonds is 5. The van der Waals surface area contributed by atoms with Crippen LogP contribution in [0.3, 0.4) is 0 Å². The number of benzene rings is 2. The van der Waals surface area contributed by atoms with Gasteiger partial charge in [0.05, 0.1) is 19.9 Å². The second kappa shape index (κ2) is 6.78. The fraction of sp³-hybridized carbons (Fsp3) is 0.125. The number of hydrogen-bond donors (Lipinski definition) is 2. The van der Waals surface area contributed by atoms with Gasteiger partial charge in [-0.2, -0.15) is 5.21 Å². The fourth-order valence-electron chi connectivity index (χ4n) is 2.16. The number of nitrogens with one attached hydrogen (secondary N) is 2. The Morgan fingerprint density at radius 3 is 2.50 bits per heavy atom. The summed E-state index contributed by atoms with van der Waals surface area (Å²) in [4.78, 5) is 12.4. The highest BCUT2D eigenvalue weighted by molar-refractivity contribution is 6.05. The number of hydrogen-bond acceptors (Lipinski definition) is 6. The summed E-state index contributed by atoms with van der Waals surface area (Å²) in [6.45, 7) is 0. The molecule has 0 radical (unpaired) electrons. The predicted octanol–water partition coefficient (Wildman–Crippen LogP) is 2.14. The monoisotopic (exact) mass is 325 g/mol. The summed E-state index contributed by atoms with van der Waals surface area (Å²) >= 11 is 0. The first kappa shape index (κ1) is 15.5. The third kappa shape index (κ3) is 3.17. The molecule has 0 spiro atoms. The molecule has 0 aliphatic carbocycles. The fourth-order valence-corrected chi connectivity index (χ4v) is 2.16. The maximum atomic E-state index is 12.4. The van der Waals surface area contributed by atoms with Crippen molar-refractivity contribution in [3.63, 3.8) is 0 Å². The number of carbonyl (C=O) groups excluding carboxylic acids is 1. The van der Waals surface area contributed by atoms with Crippen LogP contribution in [0.5, 0.6) is 11.5 Å². The van der Waals surface area contributed by atoms with Crippen LogP contribution in [0.2, 0.25) is 0 Å². The van der Waals surface area contributed by atoms with Crippen molar-refractivity contribution in [1.29, 1.82) is 0 Å². The second-order valence-electron chi connectivity index (χ2n) is 4.83. The molecule has 0 aliphatic rings. The molecule has 122 valence electrons. The van der Waals surface area contributed by atoms with Crippen molar-refractivity contribution in [1.82, 2.24) is 20.6 Å². The van der Waals surface area contributed by atoms with Gasteiger partial charge in [-0.3, -0.25) is 4.79 Å². The lowest BCUT2D eigenvalue weighted by atomic mass is 10.1. The molecule has 2 N–H and O–H groups in total. The number of ether oxygens (including phenoxy) is 2. The van der Waals surface area contributed by atoms with Crippen molar-refractivity contribution in [3.8, 4) is 22.9 Å². The highest BCUT2D eigenvalue weighted by atomic mass is 16.5. The van der Waals surface area contributed by atoms with Crippen molar-refractivity contribution in [2.75, 3.05) is 19.5 Å². The van der Waals surface area contributed by atoms with E-state index in [4.69, 9.17) is 9.47 Å². The number of anilines is 1. The highest BCUT2D eigenvalue weighted by Crippen LogP contribution is 2.29. The molecule has 0 unspecified atom stereocenters. The van der Waals surface area contributed by atoms with Crippen LogP contribution >= 0.6 is 0 Å². The van der Waals surface area contributed by atoms with Crippen LogP contribution in [0, 0.1) is 0 Å². The molecule has 1 heterocycles. The molecule has 0 fully saturated rings. The lowest BCUT2D eigenvalue weighted by Crippen LogP contribution is -2.12. The average Bonchev–Trinajstić information content (AvgIpc) is 3.16. The lowest BCUT2D eigenvalue weighted by molar-refractivity contribution is 0.102. The van der Waals surface area contributed by atoms with Gasteiger partial charge in [0.2, 0.25) is 5.82 Å². The smallest absolute Gasteiger partial charge is 0.255 e. The van der Waals surface area contributed by atoms with Gasteiger partial charge >= 0.3 is 0 Å². The van der Waals surface area contributed by atoms with E-state index in [1.54, 1.807) is 49.6 Å². The quantitative estimate of drug-likeness (QED) is 0.745. The number of aromatic nitrogens is 4. The SMILES string of the molecule is COc1ccc(OC)c(NC(=O)c2ccc(-c3nn[nH]n3)cc2)c1. The lowest BCUT2D eigenvalue weighted by Gasteiger charge is -2.12. The topological polar surface area (TPSA) is 102 Å². The van der Waals surface area contributed by atoms with E-state index < -0.39 is 0 Å². The highest BCUT2D eigenvalue weighted by Gasteiger charge is 2.12. The van der Waals surface area contributed by atoms with Gasteiger partial charge in [-0.25, -0.2) is 0 Å². The Labute approximate surface area is 137 Å². The maximum Gasteiger partial charge on any atom is 0.255 e. The molecule has 1 aromatic heterocycles. The normalized spacial score (nSPS) is 10.2. The van der Waals surface area contributed by atoms with Crippen LogP contribution in [0.1, 0.15) is 10.4 Å². The standard InChI is InChI=1S/C16H15N5O3/c1-23-12-7-8-14(24-2)13(9-12)17-16(22)11-5-3-10(4-6-11)15-18-20-21-19-15/h3-9H,1-2H3,(H,17,22)(H,18,19,20,21). The summed E-state index contributed by atoms with van der Waals surface area (Å²) < 4.78 is 10.4. The number of tetrazole rings is 1. The Balaban J connectivity index is 1.80. The van der Waals surface area contributed by atoms with Gasteiger partial charge in [-0.15, -0.1) is 10.2 Å². The molecule has 8 heteroatoms. The van der Waals surface area contributed by atoms with E-state index in [1.165, 1.54) is 7.11 Å². The van der Waals surface area contributed by atoms with E-state index >= 15 is 0 Å². The maximum absolute atomic E-state index is 12.4. The Hall–Kier alpha value is -3.42. The van der Waals surface area contributed by atoms with E-state index in [1.807, 2.05) is 0 Å². The summed E-state index contributed by atoms with van der Waals surface area (Å²) in [5.41, 5.74) is 1.79. The van der Waals surface area contributed by atoms with Crippen LogP contribution in [-0.4, -0.2) is 40.8 Å². The third-order valence-electron chi connectivity index (χ3n) is 3.41. The van der Waals surface area contributed by atoms with Gasteiger partial charge in [0.1, 0.15) is 11.5 Å². The molecule has 8 nitrogen and oxygen atoms in total. The molecule has 0 aliphatic heterocycles. The van der Waals surface area contributed by atoms with Gasteiger partial charge < -0.3 is 14.8 Å². The van der Waals surface area contributed by atoms with Crippen molar-refractivity contribution in [3.05, 3.63) is 48.0 Å². The minimum Gasteiger partial charge on any atom is -0.497 e. The minimum absolute atomic E-state index is 0.263. The van der Waals surface area contributed by atoms with Gasteiger partial charge in [-0.05, 0) is 29.5 Å².